The number of benzene rings is 1. The molecule has 0 aliphatic carbocycles. The summed E-state index contributed by atoms with van der Waals surface area (Å²) in [4.78, 5) is 2.22. The lowest BCUT2D eigenvalue weighted by Crippen LogP contribution is -2.17. The Balaban J connectivity index is 2.03. The molecule has 1 aliphatic heterocycles. The predicted molar refractivity (Wildman–Crippen MR) is 80.6 cm³/mol. The Kier molecular flexibility index (Phi) is 3.18. The third-order valence-electron chi connectivity index (χ3n) is 3.48. The van der Waals surface area contributed by atoms with E-state index < -0.39 is 9.84 Å². The largest absolute Gasteiger partial charge is 0.382 e. The zero-order chi connectivity index (χ0) is 14.3. The van der Waals surface area contributed by atoms with E-state index in [1.807, 2.05) is 17.0 Å². The van der Waals surface area contributed by atoms with Crippen LogP contribution in [0.1, 0.15) is 18.1 Å². The van der Waals surface area contributed by atoms with Crippen LogP contribution in [0.2, 0.25) is 0 Å². The Morgan fingerprint density at radius 2 is 1.90 bits per heavy atom. The number of sulfone groups is 1. The van der Waals surface area contributed by atoms with Crippen molar-refractivity contribution in [2.24, 2.45) is 0 Å². The first-order valence-corrected chi connectivity index (χ1v) is 8.75. The Bertz CT molecular complexity index is 728. The molecule has 2 heterocycles. The molecule has 0 saturated carbocycles. The van der Waals surface area contributed by atoms with Gasteiger partial charge in [0, 0.05) is 13.1 Å². The van der Waals surface area contributed by atoms with E-state index in [1.54, 1.807) is 6.92 Å². The average molecular weight is 309 g/mol. The monoisotopic (exact) mass is 309 g/mol. The molecule has 0 fully saturated rings. The van der Waals surface area contributed by atoms with Crippen molar-refractivity contribution >= 4 is 32.2 Å². The van der Waals surface area contributed by atoms with E-state index in [0.717, 1.165) is 11.5 Å². The van der Waals surface area contributed by atoms with Crippen molar-refractivity contribution in [2.45, 2.75) is 24.9 Å². The van der Waals surface area contributed by atoms with Crippen LogP contribution >= 0.6 is 11.5 Å². The van der Waals surface area contributed by atoms with Gasteiger partial charge in [0.2, 0.25) is 0 Å². The van der Waals surface area contributed by atoms with E-state index in [9.17, 15) is 8.42 Å². The summed E-state index contributed by atoms with van der Waals surface area (Å²) in [7, 11) is -3.36. The number of nitrogens with two attached hydrogens (primary N) is 1. The van der Waals surface area contributed by atoms with Crippen molar-refractivity contribution in [1.82, 2.24) is 4.37 Å². The van der Waals surface area contributed by atoms with Crippen molar-refractivity contribution in [2.75, 3.05) is 16.4 Å². The zero-order valence-electron chi connectivity index (χ0n) is 11.0. The highest BCUT2D eigenvalue weighted by atomic mass is 32.2. The minimum absolute atomic E-state index is 0.0312. The summed E-state index contributed by atoms with van der Waals surface area (Å²) in [6.07, 6.45) is 0. The third kappa shape index (κ3) is 2.06. The van der Waals surface area contributed by atoms with Crippen LogP contribution in [-0.4, -0.2) is 18.5 Å². The molecule has 0 unspecified atom stereocenters. The van der Waals surface area contributed by atoms with Crippen molar-refractivity contribution < 1.29 is 8.42 Å². The SMILES string of the molecule is CCS(=O)(=O)c1c(N)nsc1N1Cc2ccccc2C1. The van der Waals surface area contributed by atoms with Gasteiger partial charge in [-0.25, -0.2) is 8.42 Å². The van der Waals surface area contributed by atoms with Gasteiger partial charge in [0.25, 0.3) is 0 Å². The quantitative estimate of drug-likeness (QED) is 0.939. The Morgan fingerprint density at radius 3 is 2.45 bits per heavy atom. The molecule has 0 spiro atoms. The molecule has 7 heteroatoms. The summed E-state index contributed by atoms with van der Waals surface area (Å²) in [6.45, 7) is 3.02. The summed E-state index contributed by atoms with van der Waals surface area (Å²) >= 11 is 1.16. The lowest BCUT2D eigenvalue weighted by molar-refractivity contribution is 0.597. The number of hydrogen-bond donors (Lipinski definition) is 1. The van der Waals surface area contributed by atoms with Gasteiger partial charge in [-0.15, -0.1) is 0 Å². The van der Waals surface area contributed by atoms with E-state index in [0.29, 0.717) is 18.1 Å². The number of rotatable bonds is 3. The van der Waals surface area contributed by atoms with Crippen LogP contribution < -0.4 is 10.6 Å². The Hall–Kier alpha value is -1.60. The highest BCUT2D eigenvalue weighted by molar-refractivity contribution is 7.91. The van der Waals surface area contributed by atoms with Gasteiger partial charge in [-0.1, -0.05) is 31.2 Å². The first-order chi connectivity index (χ1) is 9.53. The van der Waals surface area contributed by atoms with E-state index >= 15 is 0 Å². The van der Waals surface area contributed by atoms with E-state index in [1.165, 1.54) is 11.1 Å². The van der Waals surface area contributed by atoms with E-state index in [4.69, 9.17) is 5.73 Å². The Labute approximate surface area is 122 Å². The molecule has 106 valence electrons. The van der Waals surface area contributed by atoms with Gasteiger partial charge in [0.15, 0.2) is 15.7 Å². The van der Waals surface area contributed by atoms with Crippen LogP contribution in [0.5, 0.6) is 0 Å². The zero-order valence-corrected chi connectivity index (χ0v) is 12.7. The van der Waals surface area contributed by atoms with Crippen LogP contribution in [0, 0.1) is 0 Å². The van der Waals surface area contributed by atoms with Crippen LogP contribution in [0.15, 0.2) is 29.2 Å². The second kappa shape index (κ2) is 4.75. The molecule has 1 aromatic heterocycles. The Morgan fingerprint density at radius 1 is 1.30 bits per heavy atom. The smallest absolute Gasteiger partial charge is 0.184 e. The van der Waals surface area contributed by atoms with Gasteiger partial charge in [-0.2, -0.15) is 4.37 Å². The molecule has 1 aromatic carbocycles. The first-order valence-electron chi connectivity index (χ1n) is 6.32. The van der Waals surface area contributed by atoms with Crippen molar-refractivity contribution in [3.05, 3.63) is 35.4 Å². The van der Waals surface area contributed by atoms with Crippen molar-refractivity contribution in [1.29, 1.82) is 0 Å². The maximum atomic E-state index is 12.2. The van der Waals surface area contributed by atoms with Gasteiger partial charge < -0.3 is 10.6 Å². The maximum Gasteiger partial charge on any atom is 0.184 e. The van der Waals surface area contributed by atoms with Crippen LogP contribution in [0.4, 0.5) is 10.8 Å². The topological polar surface area (TPSA) is 76.3 Å². The average Bonchev–Trinajstić information content (AvgIpc) is 3.01. The van der Waals surface area contributed by atoms with E-state index in [2.05, 4.69) is 16.5 Å². The minimum Gasteiger partial charge on any atom is -0.382 e. The molecule has 20 heavy (non-hydrogen) atoms. The molecule has 3 rings (SSSR count). The number of fused-ring (bicyclic) bond motifs is 1. The molecule has 1 aliphatic rings. The third-order valence-corrected chi connectivity index (χ3v) is 6.31. The van der Waals surface area contributed by atoms with Crippen LogP contribution in [0.3, 0.4) is 0 Å². The first kappa shape index (κ1) is 13.4. The molecular weight excluding hydrogens is 294 g/mol. The summed E-state index contributed by atoms with van der Waals surface area (Å²) in [5.74, 6) is 0.145. The lowest BCUT2D eigenvalue weighted by atomic mass is 10.1. The highest BCUT2D eigenvalue weighted by Crippen LogP contribution is 2.39. The van der Waals surface area contributed by atoms with Crippen molar-refractivity contribution in [3.63, 3.8) is 0 Å². The summed E-state index contributed by atoms with van der Waals surface area (Å²) in [5.41, 5.74) is 8.21. The van der Waals surface area contributed by atoms with Gasteiger partial charge in [0.05, 0.1) is 5.75 Å². The molecule has 0 saturated heterocycles. The molecule has 0 radical (unpaired) electrons. The lowest BCUT2D eigenvalue weighted by Gasteiger charge is -2.16. The summed E-state index contributed by atoms with van der Waals surface area (Å²) in [5, 5.41) is 0.653. The molecule has 0 atom stereocenters. The van der Waals surface area contributed by atoms with E-state index in [-0.39, 0.29) is 16.5 Å². The minimum atomic E-state index is -3.36. The normalized spacial score (nSPS) is 14.6. The van der Waals surface area contributed by atoms with Gasteiger partial charge in [-0.3, -0.25) is 0 Å². The molecule has 5 nitrogen and oxygen atoms in total. The molecule has 0 bridgehead atoms. The highest BCUT2D eigenvalue weighted by Gasteiger charge is 2.30. The fourth-order valence-corrected chi connectivity index (χ4v) is 4.71. The van der Waals surface area contributed by atoms with Crippen molar-refractivity contribution in [3.8, 4) is 0 Å². The summed E-state index contributed by atoms with van der Waals surface area (Å²) in [6, 6.07) is 8.11. The van der Waals surface area contributed by atoms with Crippen LogP contribution in [-0.2, 0) is 22.9 Å². The van der Waals surface area contributed by atoms with Crippen LogP contribution in [0.25, 0.3) is 0 Å². The number of nitrogens with zero attached hydrogens (tertiary/aromatic N) is 2. The fourth-order valence-electron chi connectivity index (χ4n) is 2.40. The fraction of sp³-hybridized carbons (Fsp3) is 0.308. The standard InChI is InChI=1S/C13H15N3O2S2/c1-2-20(17,18)11-12(14)15-19-13(11)16-7-9-5-3-4-6-10(9)8-16/h3-6H,2,7-8H2,1H3,(H2,14,15). The molecule has 2 aromatic rings. The molecular formula is C13H15N3O2S2. The second-order valence-corrected chi connectivity index (χ2v) is 7.70. The summed E-state index contributed by atoms with van der Waals surface area (Å²) < 4.78 is 28.4. The van der Waals surface area contributed by atoms with Gasteiger partial charge >= 0.3 is 0 Å². The number of anilines is 2. The van der Waals surface area contributed by atoms with Gasteiger partial charge in [-0.05, 0) is 22.7 Å². The predicted octanol–water partition coefficient (Wildman–Crippen LogP) is 2.04. The molecule has 2 N–H and O–H groups in total. The second-order valence-electron chi connectivity index (χ2n) is 4.73. The maximum absolute atomic E-state index is 12.2. The molecule has 0 amide bonds. The number of nitrogen functional groups attached to an aromatic ring is 1. The number of hydrogen-bond acceptors (Lipinski definition) is 6. The van der Waals surface area contributed by atoms with Gasteiger partial charge in [0.1, 0.15) is 9.90 Å². The number of aromatic nitrogens is 1.